The lowest BCUT2D eigenvalue weighted by atomic mass is 10.3. The fraction of sp³-hybridized carbons (Fsp3) is 0.235. The van der Waals surface area contributed by atoms with Gasteiger partial charge in [0, 0.05) is 19.2 Å². The standard InChI is InChI=1S/C17H19N3O2/c1-21-13-5-4-6-14(11-13)22-12-17-19-15-7-2-3-8-16(15)20(17)10-9-18/h2-8,11H,9-10,12,18H2,1H3. The molecule has 0 atom stereocenters. The highest BCUT2D eigenvalue weighted by Crippen LogP contribution is 2.21. The highest BCUT2D eigenvalue weighted by atomic mass is 16.5. The molecule has 2 aromatic carbocycles. The number of fused-ring (bicyclic) bond motifs is 1. The Morgan fingerprint density at radius 3 is 2.73 bits per heavy atom. The van der Waals surface area contributed by atoms with Gasteiger partial charge in [0.25, 0.3) is 0 Å². The minimum Gasteiger partial charge on any atom is -0.497 e. The van der Waals surface area contributed by atoms with Crippen molar-refractivity contribution in [2.24, 2.45) is 5.73 Å². The summed E-state index contributed by atoms with van der Waals surface area (Å²) < 4.78 is 13.2. The normalized spacial score (nSPS) is 10.8. The summed E-state index contributed by atoms with van der Waals surface area (Å²) in [6, 6.07) is 15.6. The first kappa shape index (κ1) is 14.4. The Morgan fingerprint density at radius 1 is 1.09 bits per heavy atom. The Hall–Kier alpha value is -2.53. The van der Waals surface area contributed by atoms with E-state index in [0.29, 0.717) is 13.2 Å². The molecule has 0 saturated heterocycles. The summed E-state index contributed by atoms with van der Waals surface area (Å²) in [5, 5.41) is 0. The lowest BCUT2D eigenvalue weighted by Gasteiger charge is -2.10. The zero-order chi connectivity index (χ0) is 15.4. The molecule has 0 fully saturated rings. The van der Waals surface area contributed by atoms with Gasteiger partial charge in [0.2, 0.25) is 0 Å². The molecule has 0 aliphatic rings. The van der Waals surface area contributed by atoms with Crippen molar-refractivity contribution in [3.63, 3.8) is 0 Å². The van der Waals surface area contributed by atoms with E-state index in [9.17, 15) is 0 Å². The highest BCUT2D eigenvalue weighted by Gasteiger charge is 2.10. The second-order valence-corrected chi connectivity index (χ2v) is 4.92. The minimum atomic E-state index is 0.391. The van der Waals surface area contributed by atoms with E-state index in [1.54, 1.807) is 7.11 Å². The molecule has 3 aromatic rings. The van der Waals surface area contributed by atoms with Crippen LogP contribution in [0.2, 0.25) is 0 Å². The van der Waals surface area contributed by atoms with Crippen LogP contribution in [-0.2, 0) is 13.2 Å². The molecule has 3 rings (SSSR count). The summed E-state index contributed by atoms with van der Waals surface area (Å²) in [7, 11) is 1.64. The Balaban J connectivity index is 1.85. The molecule has 0 bridgehead atoms. The van der Waals surface area contributed by atoms with Gasteiger partial charge in [-0.15, -0.1) is 0 Å². The molecule has 1 heterocycles. The molecule has 2 N–H and O–H groups in total. The summed E-state index contributed by atoms with van der Waals surface area (Å²) in [5.41, 5.74) is 7.76. The number of nitrogens with zero attached hydrogens (tertiary/aromatic N) is 2. The van der Waals surface area contributed by atoms with Gasteiger partial charge in [0.15, 0.2) is 0 Å². The van der Waals surface area contributed by atoms with Crippen molar-refractivity contribution in [2.45, 2.75) is 13.2 Å². The van der Waals surface area contributed by atoms with Crippen molar-refractivity contribution in [2.75, 3.05) is 13.7 Å². The Morgan fingerprint density at radius 2 is 1.91 bits per heavy atom. The molecule has 0 radical (unpaired) electrons. The van der Waals surface area contributed by atoms with Crippen molar-refractivity contribution in [1.82, 2.24) is 9.55 Å². The molecule has 5 heteroatoms. The summed E-state index contributed by atoms with van der Waals surface area (Å²) >= 11 is 0. The monoisotopic (exact) mass is 297 g/mol. The first-order valence-electron chi connectivity index (χ1n) is 7.23. The van der Waals surface area contributed by atoms with Crippen molar-refractivity contribution >= 4 is 11.0 Å². The van der Waals surface area contributed by atoms with E-state index in [2.05, 4.69) is 9.55 Å². The molecular formula is C17H19N3O2. The second kappa shape index (κ2) is 6.49. The predicted molar refractivity (Wildman–Crippen MR) is 86.1 cm³/mol. The maximum atomic E-state index is 5.85. The molecule has 0 saturated carbocycles. The molecule has 0 aliphatic carbocycles. The molecule has 1 aromatic heterocycles. The van der Waals surface area contributed by atoms with Crippen LogP contribution < -0.4 is 15.2 Å². The molecule has 0 spiro atoms. The van der Waals surface area contributed by atoms with E-state index >= 15 is 0 Å². The van der Waals surface area contributed by atoms with E-state index in [1.165, 1.54) is 0 Å². The molecule has 22 heavy (non-hydrogen) atoms. The number of methoxy groups -OCH3 is 1. The summed E-state index contributed by atoms with van der Waals surface area (Å²) in [6.45, 7) is 1.67. The maximum absolute atomic E-state index is 5.85. The smallest absolute Gasteiger partial charge is 0.148 e. The van der Waals surface area contributed by atoms with Gasteiger partial charge in [-0.1, -0.05) is 18.2 Å². The zero-order valence-electron chi connectivity index (χ0n) is 12.5. The molecule has 5 nitrogen and oxygen atoms in total. The van der Waals surface area contributed by atoms with Gasteiger partial charge in [-0.3, -0.25) is 0 Å². The third-order valence-electron chi connectivity index (χ3n) is 3.50. The van der Waals surface area contributed by atoms with Crippen molar-refractivity contribution in [3.8, 4) is 11.5 Å². The Bertz CT molecular complexity index is 767. The molecule has 0 aliphatic heterocycles. The van der Waals surface area contributed by atoms with Crippen LogP contribution in [0.15, 0.2) is 48.5 Å². The number of ether oxygens (including phenoxy) is 2. The summed E-state index contributed by atoms with van der Waals surface area (Å²) in [5.74, 6) is 2.40. The molecule has 0 amide bonds. The van der Waals surface area contributed by atoms with Gasteiger partial charge in [-0.05, 0) is 24.3 Å². The highest BCUT2D eigenvalue weighted by molar-refractivity contribution is 5.75. The predicted octanol–water partition coefficient (Wildman–Crippen LogP) is 2.58. The van der Waals surface area contributed by atoms with Crippen LogP contribution in [0, 0.1) is 0 Å². The third-order valence-corrected chi connectivity index (χ3v) is 3.50. The summed E-state index contributed by atoms with van der Waals surface area (Å²) in [4.78, 5) is 4.64. The van der Waals surface area contributed by atoms with Gasteiger partial charge in [-0.2, -0.15) is 0 Å². The van der Waals surface area contributed by atoms with Gasteiger partial charge in [0.05, 0.1) is 18.1 Å². The van der Waals surface area contributed by atoms with E-state index in [-0.39, 0.29) is 0 Å². The number of imidazole rings is 1. The SMILES string of the molecule is COc1cccc(OCc2nc3ccccc3n2CCN)c1. The quantitative estimate of drug-likeness (QED) is 0.759. The van der Waals surface area contributed by atoms with Crippen LogP contribution in [0.4, 0.5) is 0 Å². The van der Waals surface area contributed by atoms with Gasteiger partial charge < -0.3 is 19.8 Å². The van der Waals surface area contributed by atoms with Gasteiger partial charge in [-0.25, -0.2) is 4.98 Å². The fourth-order valence-electron chi connectivity index (χ4n) is 2.45. The van der Waals surface area contributed by atoms with Crippen molar-refractivity contribution in [3.05, 3.63) is 54.4 Å². The number of benzene rings is 2. The second-order valence-electron chi connectivity index (χ2n) is 4.92. The number of aromatic nitrogens is 2. The Labute approximate surface area is 129 Å². The largest absolute Gasteiger partial charge is 0.497 e. The van der Waals surface area contributed by atoms with Crippen molar-refractivity contribution in [1.29, 1.82) is 0 Å². The van der Waals surface area contributed by atoms with Crippen LogP contribution in [0.5, 0.6) is 11.5 Å². The molecule has 114 valence electrons. The van der Waals surface area contributed by atoms with Crippen LogP contribution in [-0.4, -0.2) is 23.2 Å². The van der Waals surface area contributed by atoms with Crippen molar-refractivity contribution < 1.29 is 9.47 Å². The van der Waals surface area contributed by atoms with Gasteiger partial charge in [0.1, 0.15) is 23.9 Å². The van der Waals surface area contributed by atoms with E-state index in [4.69, 9.17) is 15.2 Å². The number of nitrogens with two attached hydrogens (primary N) is 1. The lowest BCUT2D eigenvalue weighted by Crippen LogP contribution is -2.14. The number of para-hydroxylation sites is 2. The molecule has 0 unspecified atom stereocenters. The fourth-order valence-corrected chi connectivity index (χ4v) is 2.45. The third kappa shape index (κ3) is 2.89. The van der Waals surface area contributed by atoms with E-state index in [0.717, 1.165) is 34.9 Å². The van der Waals surface area contributed by atoms with Gasteiger partial charge >= 0.3 is 0 Å². The first-order chi connectivity index (χ1) is 10.8. The lowest BCUT2D eigenvalue weighted by molar-refractivity contribution is 0.288. The first-order valence-corrected chi connectivity index (χ1v) is 7.23. The van der Waals surface area contributed by atoms with E-state index in [1.807, 2.05) is 48.5 Å². The number of hydrogen-bond acceptors (Lipinski definition) is 4. The van der Waals surface area contributed by atoms with Crippen LogP contribution in [0.25, 0.3) is 11.0 Å². The summed E-state index contributed by atoms with van der Waals surface area (Å²) in [6.07, 6.45) is 0. The Kier molecular flexibility index (Phi) is 4.25. The van der Waals surface area contributed by atoms with Crippen LogP contribution in [0.1, 0.15) is 5.82 Å². The van der Waals surface area contributed by atoms with Crippen LogP contribution in [0.3, 0.4) is 0 Å². The van der Waals surface area contributed by atoms with E-state index < -0.39 is 0 Å². The number of hydrogen-bond donors (Lipinski definition) is 1. The minimum absolute atomic E-state index is 0.391. The average molecular weight is 297 g/mol. The topological polar surface area (TPSA) is 62.3 Å². The molecular weight excluding hydrogens is 278 g/mol. The zero-order valence-corrected chi connectivity index (χ0v) is 12.5. The average Bonchev–Trinajstić information content (AvgIpc) is 2.91. The van der Waals surface area contributed by atoms with Crippen LogP contribution >= 0.6 is 0 Å². The maximum Gasteiger partial charge on any atom is 0.148 e. The number of rotatable bonds is 6.